The lowest BCUT2D eigenvalue weighted by Crippen LogP contribution is -2.71. The summed E-state index contributed by atoms with van der Waals surface area (Å²) in [6, 6.07) is 0. The average molecular weight is 200 g/mol. The predicted molar refractivity (Wildman–Crippen MR) is 33.4 cm³/mol. The Kier molecular flexibility index (Phi) is 1.54. The quantitative estimate of drug-likeness (QED) is 0.502. The fourth-order valence-corrected chi connectivity index (χ4v) is 1.81. The highest BCUT2D eigenvalue weighted by molar-refractivity contribution is 5.10. The van der Waals surface area contributed by atoms with Gasteiger partial charge in [0.15, 0.2) is 5.41 Å². The average Bonchev–Trinajstić information content (AvgIpc) is 2.68. The second kappa shape index (κ2) is 2.17. The van der Waals surface area contributed by atoms with E-state index in [2.05, 4.69) is 9.47 Å². The summed E-state index contributed by atoms with van der Waals surface area (Å²) < 4.78 is 59.3. The molecule has 2 aliphatic heterocycles. The van der Waals surface area contributed by atoms with E-state index in [1.807, 2.05) is 0 Å². The first kappa shape index (κ1) is 9.21. The van der Waals surface area contributed by atoms with E-state index >= 15 is 0 Å². The number of hydrogen-bond donors (Lipinski definition) is 0. The molecule has 2 saturated heterocycles. The van der Waals surface area contributed by atoms with Crippen molar-refractivity contribution in [3.63, 3.8) is 0 Å². The summed E-state index contributed by atoms with van der Waals surface area (Å²) in [5, 5.41) is 0. The minimum Gasteiger partial charge on any atom is -0.372 e. The Balaban J connectivity index is 2.33. The Bertz CT molecular complexity index is 223. The lowest BCUT2D eigenvalue weighted by atomic mass is 9.75. The van der Waals surface area contributed by atoms with Crippen LogP contribution in [0.25, 0.3) is 0 Å². The van der Waals surface area contributed by atoms with Crippen LogP contribution in [-0.4, -0.2) is 24.9 Å². The molecule has 0 bridgehead atoms. The Morgan fingerprint density at radius 3 is 1.85 bits per heavy atom. The number of ether oxygens (including phenoxy) is 2. The van der Waals surface area contributed by atoms with Crippen LogP contribution >= 0.6 is 0 Å². The molecule has 0 amide bonds. The Morgan fingerprint density at radius 2 is 1.69 bits per heavy atom. The fraction of sp³-hybridized carbons (Fsp3) is 1.00. The molecule has 0 aliphatic carbocycles. The maximum Gasteiger partial charge on any atom is 0.376 e. The minimum atomic E-state index is -3.77. The van der Waals surface area contributed by atoms with E-state index in [0.717, 1.165) is 0 Å². The molecule has 2 fully saturated rings. The molecule has 0 spiro atoms. The van der Waals surface area contributed by atoms with Crippen molar-refractivity contribution >= 4 is 0 Å². The third-order valence-corrected chi connectivity index (χ3v) is 2.74. The van der Waals surface area contributed by atoms with Crippen LogP contribution in [0.1, 0.15) is 13.3 Å². The van der Waals surface area contributed by atoms with Crippen molar-refractivity contribution in [3.8, 4) is 0 Å². The highest BCUT2D eigenvalue weighted by atomic mass is 19.3. The van der Waals surface area contributed by atoms with Crippen LogP contribution < -0.4 is 0 Å². The SMILES string of the molecule is CCC1(C2CO2)C(F)(F)OC1(F)F. The van der Waals surface area contributed by atoms with Gasteiger partial charge in [-0.15, -0.1) is 0 Å². The van der Waals surface area contributed by atoms with Crippen molar-refractivity contribution in [3.05, 3.63) is 0 Å². The third kappa shape index (κ3) is 0.852. The van der Waals surface area contributed by atoms with Gasteiger partial charge in [0, 0.05) is 0 Å². The van der Waals surface area contributed by atoms with Crippen LogP contribution in [0.5, 0.6) is 0 Å². The molecule has 13 heavy (non-hydrogen) atoms. The highest BCUT2D eigenvalue weighted by Gasteiger charge is 2.86. The number of halogens is 4. The van der Waals surface area contributed by atoms with Crippen LogP contribution in [0.4, 0.5) is 17.6 Å². The molecule has 0 aromatic heterocycles. The summed E-state index contributed by atoms with van der Waals surface area (Å²) in [6.45, 7) is 1.24. The summed E-state index contributed by atoms with van der Waals surface area (Å²) in [5.41, 5.74) is -2.44. The zero-order chi connectivity index (χ0) is 9.91. The largest absolute Gasteiger partial charge is 0.376 e. The number of hydrogen-bond acceptors (Lipinski definition) is 2. The molecular weight excluding hydrogens is 192 g/mol. The lowest BCUT2D eigenvalue weighted by Gasteiger charge is -2.52. The zero-order valence-electron chi connectivity index (χ0n) is 6.82. The van der Waals surface area contributed by atoms with Crippen molar-refractivity contribution in [1.29, 1.82) is 0 Å². The van der Waals surface area contributed by atoms with Gasteiger partial charge < -0.3 is 4.74 Å². The summed E-state index contributed by atoms with van der Waals surface area (Å²) >= 11 is 0. The topological polar surface area (TPSA) is 21.8 Å². The summed E-state index contributed by atoms with van der Waals surface area (Å²) in [6.07, 6.45) is -8.98. The van der Waals surface area contributed by atoms with Gasteiger partial charge in [-0.25, -0.2) is 0 Å². The zero-order valence-corrected chi connectivity index (χ0v) is 6.82. The van der Waals surface area contributed by atoms with E-state index in [0.29, 0.717) is 0 Å². The van der Waals surface area contributed by atoms with E-state index in [-0.39, 0.29) is 13.0 Å². The van der Waals surface area contributed by atoms with E-state index in [9.17, 15) is 17.6 Å². The maximum atomic E-state index is 12.9. The molecule has 0 N–H and O–H groups in total. The van der Waals surface area contributed by atoms with Crippen LogP contribution in [0.2, 0.25) is 0 Å². The summed E-state index contributed by atoms with van der Waals surface area (Å²) in [4.78, 5) is 0. The second-order valence-corrected chi connectivity index (χ2v) is 3.28. The molecule has 0 saturated carbocycles. The van der Waals surface area contributed by atoms with Crippen LogP contribution in [0.15, 0.2) is 0 Å². The molecule has 2 aliphatic rings. The molecule has 76 valence electrons. The molecule has 2 heterocycles. The molecule has 2 nitrogen and oxygen atoms in total. The molecule has 0 radical (unpaired) electrons. The second-order valence-electron chi connectivity index (χ2n) is 3.28. The molecule has 1 unspecified atom stereocenters. The van der Waals surface area contributed by atoms with Crippen molar-refractivity contribution in [2.24, 2.45) is 5.41 Å². The van der Waals surface area contributed by atoms with Gasteiger partial charge in [0.2, 0.25) is 0 Å². The minimum absolute atomic E-state index is 0.0393. The first-order valence-corrected chi connectivity index (χ1v) is 3.95. The van der Waals surface area contributed by atoms with Gasteiger partial charge in [-0.05, 0) is 6.42 Å². The lowest BCUT2D eigenvalue weighted by molar-refractivity contribution is -0.562. The molecule has 6 heteroatoms. The molecule has 0 aromatic rings. The Labute approximate surface area is 71.8 Å². The van der Waals surface area contributed by atoms with E-state index in [1.165, 1.54) is 6.92 Å². The fourth-order valence-electron chi connectivity index (χ4n) is 1.81. The van der Waals surface area contributed by atoms with Gasteiger partial charge in [-0.3, -0.25) is 4.74 Å². The number of rotatable bonds is 2. The van der Waals surface area contributed by atoms with Crippen LogP contribution in [0, 0.1) is 5.41 Å². The van der Waals surface area contributed by atoms with Crippen molar-refractivity contribution in [1.82, 2.24) is 0 Å². The van der Waals surface area contributed by atoms with E-state index < -0.39 is 23.7 Å². The van der Waals surface area contributed by atoms with Gasteiger partial charge in [0.05, 0.1) is 6.61 Å². The number of alkyl halides is 4. The van der Waals surface area contributed by atoms with Gasteiger partial charge in [0.1, 0.15) is 6.10 Å². The molecule has 0 aromatic carbocycles. The highest BCUT2D eigenvalue weighted by Crippen LogP contribution is 2.67. The maximum absolute atomic E-state index is 12.9. The first-order valence-electron chi connectivity index (χ1n) is 3.95. The van der Waals surface area contributed by atoms with Gasteiger partial charge in [-0.2, -0.15) is 17.6 Å². The van der Waals surface area contributed by atoms with Crippen LogP contribution in [-0.2, 0) is 9.47 Å². The smallest absolute Gasteiger partial charge is 0.372 e. The van der Waals surface area contributed by atoms with Gasteiger partial charge in [-0.1, -0.05) is 6.92 Å². The van der Waals surface area contributed by atoms with E-state index in [1.54, 1.807) is 0 Å². The molecule has 1 atom stereocenters. The monoisotopic (exact) mass is 200 g/mol. The standard InChI is InChI=1S/C7H8F4O2/c1-2-5(4-3-12-4)6(8,9)13-7(5,10)11/h4H,2-3H2,1H3. The third-order valence-electron chi connectivity index (χ3n) is 2.74. The predicted octanol–water partition coefficient (Wildman–Crippen LogP) is 2.00. The van der Waals surface area contributed by atoms with Crippen molar-refractivity contribution in [2.45, 2.75) is 31.7 Å². The Hall–Kier alpha value is -0.360. The van der Waals surface area contributed by atoms with E-state index in [4.69, 9.17) is 0 Å². The van der Waals surface area contributed by atoms with Crippen molar-refractivity contribution in [2.75, 3.05) is 6.61 Å². The molecular formula is C7H8F4O2. The first-order chi connectivity index (χ1) is 5.87. The number of epoxide rings is 1. The van der Waals surface area contributed by atoms with Gasteiger partial charge >= 0.3 is 12.2 Å². The van der Waals surface area contributed by atoms with Crippen molar-refractivity contribution < 1.29 is 27.0 Å². The van der Waals surface area contributed by atoms with Gasteiger partial charge in [0.25, 0.3) is 0 Å². The molecule has 2 rings (SSSR count). The summed E-state index contributed by atoms with van der Waals surface area (Å²) in [5.74, 6) is 0. The Morgan fingerprint density at radius 1 is 1.23 bits per heavy atom. The summed E-state index contributed by atoms with van der Waals surface area (Å²) in [7, 11) is 0. The van der Waals surface area contributed by atoms with Crippen LogP contribution in [0.3, 0.4) is 0 Å². The normalized spacial score (nSPS) is 38.1.